The molecule has 2 aliphatic rings. The Morgan fingerprint density at radius 3 is 2.67 bits per heavy atom. The molecule has 8 heteroatoms. The molecule has 1 aliphatic carbocycles. The van der Waals surface area contributed by atoms with Gasteiger partial charge in [0, 0.05) is 35.8 Å². The van der Waals surface area contributed by atoms with E-state index in [-0.39, 0.29) is 0 Å². The van der Waals surface area contributed by atoms with Crippen molar-refractivity contribution in [1.82, 2.24) is 9.97 Å². The number of sulfone groups is 1. The molecule has 0 bridgehead atoms. The number of nitrogens with two attached hydrogens (primary N) is 1. The molecule has 6 nitrogen and oxygen atoms in total. The normalized spacial score (nSPS) is 23.3. The summed E-state index contributed by atoms with van der Waals surface area (Å²) < 4.78 is 24.1. The third kappa shape index (κ3) is 2.96. The summed E-state index contributed by atoms with van der Waals surface area (Å²) in [4.78, 5) is 10.9. The van der Waals surface area contributed by atoms with E-state index in [1.54, 1.807) is 11.8 Å². The molecule has 1 saturated heterocycles. The van der Waals surface area contributed by atoms with Gasteiger partial charge in [0.2, 0.25) is 0 Å². The molecule has 1 aliphatic heterocycles. The van der Waals surface area contributed by atoms with Crippen LogP contribution in [0.3, 0.4) is 0 Å². The van der Waals surface area contributed by atoms with Crippen LogP contribution in [-0.4, -0.2) is 48.1 Å². The molecule has 1 aromatic rings. The fraction of sp³-hybridized carbons (Fsp3) is 0.692. The van der Waals surface area contributed by atoms with Crippen LogP contribution in [0.4, 0.5) is 11.6 Å². The van der Waals surface area contributed by atoms with Gasteiger partial charge in [-0.05, 0) is 19.8 Å². The zero-order chi connectivity index (χ0) is 15.2. The van der Waals surface area contributed by atoms with E-state index in [4.69, 9.17) is 5.73 Å². The molecule has 0 aromatic carbocycles. The monoisotopic (exact) mass is 328 g/mol. The van der Waals surface area contributed by atoms with E-state index < -0.39 is 15.2 Å². The minimum Gasteiger partial charge on any atom is -0.383 e. The average Bonchev–Trinajstić information content (AvgIpc) is 3.25. The van der Waals surface area contributed by atoms with Crippen LogP contribution >= 0.6 is 11.8 Å². The van der Waals surface area contributed by atoms with Gasteiger partial charge in [0.1, 0.15) is 22.8 Å². The average molecular weight is 328 g/mol. The summed E-state index contributed by atoms with van der Waals surface area (Å²) in [6.07, 6.45) is 3.47. The Kier molecular flexibility index (Phi) is 3.77. The molecule has 3 rings (SSSR count). The first-order valence-electron chi connectivity index (χ1n) is 7.05. The van der Waals surface area contributed by atoms with Gasteiger partial charge in [0.15, 0.2) is 9.84 Å². The largest absolute Gasteiger partial charge is 0.383 e. The Labute approximate surface area is 129 Å². The van der Waals surface area contributed by atoms with Crippen molar-refractivity contribution >= 4 is 33.2 Å². The van der Waals surface area contributed by atoms with Crippen molar-refractivity contribution in [1.29, 1.82) is 0 Å². The van der Waals surface area contributed by atoms with E-state index in [0.29, 0.717) is 29.9 Å². The lowest BCUT2D eigenvalue weighted by molar-refractivity contribution is 0.583. The van der Waals surface area contributed by atoms with Crippen molar-refractivity contribution in [3.63, 3.8) is 0 Å². The van der Waals surface area contributed by atoms with Crippen molar-refractivity contribution < 1.29 is 8.42 Å². The van der Waals surface area contributed by atoms with Crippen molar-refractivity contribution in [3.05, 3.63) is 11.4 Å². The number of nitrogens with zero attached hydrogens (tertiary/aromatic N) is 3. The number of anilines is 2. The summed E-state index contributed by atoms with van der Waals surface area (Å²) in [5, 5.41) is -0.531. The van der Waals surface area contributed by atoms with Crippen LogP contribution in [-0.2, 0) is 9.84 Å². The summed E-state index contributed by atoms with van der Waals surface area (Å²) in [5.74, 6) is 3.78. The smallest absolute Gasteiger partial charge is 0.169 e. The number of thioether (sulfide) groups is 1. The van der Waals surface area contributed by atoms with Crippen LogP contribution < -0.4 is 10.6 Å². The quantitative estimate of drug-likeness (QED) is 0.890. The second kappa shape index (κ2) is 5.31. The number of nitrogen functional groups attached to an aromatic ring is 1. The van der Waals surface area contributed by atoms with Gasteiger partial charge in [-0.3, -0.25) is 0 Å². The highest BCUT2D eigenvalue weighted by Crippen LogP contribution is 2.40. The molecule has 116 valence electrons. The van der Waals surface area contributed by atoms with Crippen LogP contribution in [0, 0.1) is 6.92 Å². The van der Waals surface area contributed by atoms with Gasteiger partial charge in [0.05, 0.1) is 0 Å². The minimum atomic E-state index is -3.17. The first-order valence-corrected chi connectivity index (χ1v) is 10.2. The minimum absolute atomic E-state index is 0.391. The maximum atomic E-state index is 12.1. The first kappa shape index (κ1) is 14.9. The van der Waals surface area contributed by atoms with Crippen LogP contribution in [0.15, 0.2) is 0 Å². The zero-order valence-corrected chi connectivity index (χ0v) is 13.9. The van der Waals surface area contributed by atoms with Gasteiger partial charge in [-0.15, -0.1) is 0 Å². The molecule has 1 atom stereocenters. The van der Waals surface area contributed by atoms with Crippen LogP contribution in [0.5, 0.6) is 0 Å². The number of rotatable bonds is 3. The summed E-state index contributed by atoms with van der Waals surface area (Å²) >= 11 is 1.67. The second-order valence-corrected chi connectivity index (χ2v) is 9.10. The Morgan fingerprint density at radius 1 is 1.33 bits per heavy atom. The Bertz CT molecular complexity index is 658. The van der Waals surface area contributed by atoms with Gasteiger partial charge in [-0.2, -0.15) is 11.8 Å². The molecule has 0 radical (unpaired) electrons. The van der Waals surface area contributed by atoms with Crippen molar-refractivity contribution in [2.24, 2.45) is 0 Å². The van der Waals surface area contributed by atoms with Gasteiger partial charge in [0.25, 0.3) is 0 Å². The summed E-state index contributed by atoms with van der Waals surface area (Å²) in [7, 11) is -3.17. The molecule has 1 unspecified atom stereocenters. The Morgan fingerprint density at radius 2 is 2.05 bits per heavy atom. The summed E-state index contributed by atoms with van der Waals surface area (Å²) in [5.41, 5.74) is 6.79. The lowest BCUT2D eigenvalue weighted by atomic mass is 10.2. The molecule has 2 heterocycles. The Hall–Kier alpha value is -1.02. The topological polar surface area (TPSA) is 89.2 Å². The number of hydrogen-bond acceptors (Lipinski definition) is 7. The highest BCUT2D eigenvalue weighted by atomic mass is 32.2. The third-order valence-electron chi connectivity index (χ3n) is 3.97. The van der Waals surface area contributed by atoms with Crippen LogP contribution in [0.2, 0.25) is 0 Å². The SMILES string of the molecule is Cc1c(N)nc(C2CC2)nc1N1CCSCC1S(C)(=O)=O. The van der Waals surface area contributed by atoms with Crippen LogP contribution in [0.25, 0.3) is 0 Å². The Balaban J connectivity index is 2.04. The predicted molar refractivity (Wildman–Crippen MR) is 86.5 cm³/mol. The molecule has 0 spiro atoms. The van der Waals surface area contributed by atoms with E-state index >= 15 is 0 Å². The van der Waals surface area contributed by atoms with E-state index in [1.165, 1.54) is 6.26 Å². The lowest BCUT2D eigenvalue weighted by Crippen LogP contribution is -2.47. The van der Waals surface area contributed by atoms with Crippen molar-refractivity contribution in [3.8, 4) is 0 Å². The van der Waals surface area contributed by atoms with Crippen LogP contribution in [0.1, 0.15) is 30.1 Å². The van der Waals surface area contributed by atoms with Crippen molar-refractivity contribution in [2.45, 2.75) is 31.1 Å². The van der Waals surface area contributed by atoms with Gasteiger partial charge >= 0.3 is 0 Å². The van der Waals surface area contributed by atoms with E-state index in [0.717, 1.165) is 30.0 Å². The zero-order valence-electron chi connectivity index (χ0n) is 12.2. The molecule has 2 N–H and O–H groups in total. The molecule has 1 saturated carbocycles. The molecule has 1 aromatic heterocycles. The van der Waals surface area contributed by atoms with E-state index in [1.807, 2.05) is 11.8 Å². The number of aromatic nitrogens is 2. The maximum absolute atomic E-state index is 12.1. The lowest BCUT2D eigenvalue weighted by Gasteiger charge is -2.36. The summed E-state index contributed by atoms with van der Waals surface area (Å²) in [6, 6.07) is 0. The maximum Gasteiger partial charge on any atom is 0.169 e. The first-order chi connectivity index (χ1) is 9.88. The number of hydrogen-bond donors (Lipinski definition) is 1. The molecule has 21 heavy (non-hydrogen) atoms. The standard InChI is InChI=1S/C13H20N4O2S2/c1-8-11(14)15-12(9-3-4-9)16-13(8)17-5-6-20-7-10(17)21(2,18)19/h9-10H,3-7H2,1-2H3,(H2,14,15,16). The van der Waals surface area contributed by atoms with Crippen molar-refractivity contribution in [2.75, 3.05) is 34.9 Å². The van der Waals surface area contributed by atoms with Gasteiger partial charge < -0.3 is 10.6 Å². The predicted octanol–water partition coefficient (Wildman–Crippen LogP) is 1.17. The second-order valence-electron chi connectivity index (χ2n) is 5.74. The molecule has 0 amide bonds. The van der Waals surface area contributed by atoms with E-state index in [2.05, 4.69) is 9.97 Å². The third-order valence-corrected chi connectivity index (χ3v) is 6.61. The fourth-order valence-electron chi connectivity index (χ4n) is 2.52. The molecular formula is C13H20N4O2S2. The molecular weight excluding hydrogens is 308 g/mol. The highest BCUT2D eigenvalue weighted by molar-refractivity contribution is 8.01. The summed E-state index contributed by atoms with van der Waals surface area (Å²) in [6.45, 7) is 2.53. The highest BCUT2D eigenvalue weighted by Gasteiger charge is 2.35. The fourth-order valence-corrected chi connectivity index (χ4v) is 5.34. The van der Waals surface area contributed by atoms with Gasteiger partial charge in [-0.1, -0.05) is 0 Å². The van der Waals surface area contributed by atoms with Gasteiger partial charge in [-0.25, -0.2) is 18.4 Å². The van der Waals surface area contributed by atoms with E-state index in [9.17, 15) is 8.42 Å². The molecule has 2 fully saturated rings.